The molecule has 2 heterocycles. The second-order valence-corrected chi connectivity index (χ2v) is 7.77. The molecule has 0 unspecified atom stereocenters. The SMILES string of the molecule is COC(=O)C1(CS(=O)(=O)N2CC(O)(c3ccn[nH]3)C2)CC1. The molecule has 2 N–H and O–H groups in total. The molecule has 8 nitrogen and oxygen atoms in total. The van der Waals surface area contributed by atoms with E-state index in [0.717, 1.165) is 0 Å². The van der Waals surface area contributed by atoms with Gasteiger partial charge in [0.25, 0.3) is 0 Å². The molecule has 0 spiro atoms. The van der Waals surface area contributed by atoms with Gasteiger partial charge in [-0.3, -0.25) is 9.89 Å². The van der Waals surface area contributed by atoms with Crippen LogP contribution in [0.2, 0.25) is 0 Å². The lowest BCUT2D eigenvalue weighted by atomic mass is 9.93. The smallest absolute Gasteiger partial charge is 0.312 e. The van der Waals surface area contributed by atoms with Gasteiger partial charge < -0.3 is 9.84 Å². The molecule has 1 saturated heterocycles. The van der Waals surface area contributed by atoms with Crippen LogP contribution in [0, 0.1) is 5.41 Å². The summed E-state index contributed by atoms with van der Waals surface area (Å²) in [6.07, 6.45) is 2.55. The van der Waals surface area contributed by atoms with Crippen molar-refractivity contribution in [3.8, 4) is 0 Å². The fourth-order valence-electron chi connectivity index (χ4n) is 2.63. The molecule has 2 fully saturated rings. The molecule has 116 valence electrons. The van der Waals surface area contributed by atoms with Crippen LogP contribution >= 0.6 is 0 Å². The van der Waals surface area contributed by atoms with Gasteiger partial charge in [0.2, 0.25) is 10.0 Å². The number of methoxy groups -OCH3 is 1. The number of H-pyrrole nitrogens is 1. The highest BCUT2D eigenvalue weighted by molar-refractivity contribution is 7.89. The second kappa shape index (κ2) is 4.52. The summed E-state index contributed by atoms with van der Waals surface area (Å²) in [5.74, 6) is -0.735. The summed E-state index contributed by atoms with van der Waals surface area (Å²) in [7, 11) is -2.34. The Morgan fingerprint density at radius 3 is 2.67 bits per heavy atom. The number of nitrogens with zero attached hydrogens (tertiary/aromatic N) is 2. The molecule has 0 amide bonds. The van der Waals surface area contributed by atoms with Crippen LogP contribution < -0.4 is 0 Å². The maximum Gasteiger partial charge on any atom is 0.312 e. The number of rotatable bonds is 5. The zero-order valence-corrected chi connectivity index (χ0v) is 12.4. The molecular weight excluding hydrogens is 298 g/mol. The standard InChI is InChI=1S/C12H17N3O5S/c1-20-10(16)11(3-4-11)8-21(18,19)15-6-12(17,7-15)9-2-5-13-14-9/h2,5,17H,3-4,6-8H2,1H3,(H,13,14). The third kappa shape index (κ3) is 2.34. The molecule has 2 aliphatic rings. The van der Waals surface area contributed by atoms with Crippen LogP contribution in [0.5, 0.6) is 0 Å². The van der Waals surface area contributed by atoms with E-state index in [-0.39, 0.29) is 18.8 Å². The number of hydrogen-bond acceptors (Lipinski definition) is 6. The van der Waals surface area contributed by atoms with E-state index in [4.69, 9.17) is 0 Å². The average Bonchev–Trinajstić information content (AvgIpc) is 2.96. The van der Waals surface area contributed by atoms with Crippen LogP contribution in [-0.2, 0) is 25.2 Å². The zero-order chi connectivity index (χ0) is 15.3. The first-order valence-electron chi connectivity index (χ1n) is 6.60. The van der Waals surface area contributed by atoms with Crippen LogP contribution in [0.15, 0.2) is 12.3 Å². The summed E-state index contributed by atoms with van der Waals surface area (Å²) >= 11 is 0. The van der Waals surface area contributed by atoms with E-state index in [0.29, 0.717) is 18.5 Å². The Hall–Kier alpha value is -1.45. The molecule has 0 bridgehead atoms. The van der Waals surface area contributed by atoms with Crippen LogP contribution in [0.1, 0.15) is 18.5 Å². The zero-order valence-electron chi connectivity index (χ0n) is 11.6. The molecule has 1 aliphatic heterocycles. The molecular formula is C12H17N3O5S. The first kappa shape index (κ1) is 14.5. The Labute approximate surface area is 122 Å². The Morgan fingerprint density at radius 2 is 2.19 bits per heavy atom. The molecule has 1 saturated carbocycles. The number of aliphatic hydroxyl groups is 1. The van der Waals surface area contributed by atoms with Gasteiger partial charge in [-0.1, -0.05) is 0 Å². The third-order valence-electron chi connectivity index (χ3n) is 4.20. The minimum absolute atomic E-state index is 0.0330. The highest BCUT2D eigenvalue weighted by Crippen LogP contribution is 2.49. The Bertz CT molecular complexity index is 644. The number of aromatic amines is 1. The van der Waals surface area contributed by atoms with E-state index >= 15 is 0 Å². The normalized spacial score (nSPS) is 23.3. The fraction of sp³-hybridized carbons (Fsp3) is 0.667. The van der Waals surface area contributed by atoms with Gasteiger partial charge in [0, 0.05) is 19.3 Å². The molecule has 3 rings (SSSR count). The number of esters is 1. The number of sulfonamides is 1. The lowest BCUT2D eigenvalue weighted by molar-refractivity contribution is -0.146. The van der Waals surface area contributed by atoms with Crippen molar-refractivity contribution < 1.29 is 23.1 Å². The third-order valence-corrected chi connectivity index (χ3v) is 6.16. The molecule has 9 heteroatoms. The van der Waals surface area contributed by atoms with E-state index in [9.17, 15) is 18.3 Å². The minimum Gasteiger partial charge on any atom is -0.469 e. The maximum atomic E-state index is 12.3. The van der Waals surface area contributed by atoms with Crippen molar-refractivity contribution in [2.45, 2.75) is 18.4 Å². The monoisotopic (exact) mass is 315 g/mol. The molecule has 0 aromatic carbocycles. The van der Waals surface area contributed by atoms with Gasteiger partial charge in [-0.05, 0) is 18.9 Å². The number of hydrogen-bond donors (Lipinski definition) is 2. The van der Waals surface area contributed by atoms with Gasteiger partial charge in [-0.2, -0.15) is 9.40 Å². The van der Waals surface area contributed by atoms with Crippen LogP contribution in [-0.4, -0.2) is 59.9 Å². The summed E-state index contributed by atoms with van der Waals surface area (Å²) < 4.78 is 30.5. The van der Waals surface area contributed by atoms with E-state index in [1.54, 1.807) is 6.07 Å². The molecule has 1 aromatic rings. The van der Waals surface area contributed by atoms with Crippen LogP contribution in [0.3, 0.4) is 0 Å². The average molecular weight is 315 g/mol. The van der Waals surface area contributed by atoms with Crippen LogP contribution in [0.4, 0.5) is 0 Å². The Kier molecular flexibility index (Phi) is 3.12. The summed E-state index contributed by atoms with van der Waals surface area (Å²) in [5.41, 5.74) is -1.64. The van der Waals surface area contributed by atoms with Gasteiger partial charge in [0.15, 0.2) is 0 Å². The quantitative estimate of drug-likeness (QED) is 0.688. The maximum absolute atomic E-state index is 12.3. The number of ether oxygens (including phenoxy) is 1. The molecule has 0 radical (unpaired) electrons. The predicted octanol–water partition coefficient (Wildman–Crippen LogP) is -0.804. The number of nitrogens with one attached hydrogen (secondary N) is 1. The number of carbonyl (C=O) groups is 1. The van der Waals surface area contributed by atoms with E-state index < -0.39 is 27.0 Å². The van der Waals surface area contributed by atoms with E-state index in [1.807, 2.05) is 0 Å². The largest absolute Gasteiger partial charge is 0.469 e. The lowest BCUT2D eigenvalue weighted by Gasteiger charge is -2.44. The van der Waals surface area contributed by atoms with Gasteiger partial charge in [0.1, 0.15) is 5.60 Å². The van der Waals surface area contributed by atoms with E-state index in [1.165, 1.54) is 17.6 Å². The fourth-order valence-corrected chi connectivity index (χ4v) is 4.74. The summed E-state index contributed by atoms with van der Waals surface area (Å²) in [4.78, 5) is 11.6. The van der Waals surface area contributed by atoms with Crippen molar-refractivity contribution in [1.82, 2.24) is 14.5 Å². The molecule has 0 atom stereocenters. The number of aromatic nitrogens is 2. The summed E-state index contributed by atoms with van der Waals surface area (Å²) in [6.45, 7) is -0.0659. The van der Waals surface area contributed by atoms with Crippen molar-refractivity contribution in [2.75, 3.05) is 26.0 Å². The molecule has 1 aliphatic carbocycles. The minimum atomic E-state index is -3.60. The lowest BCUT2D eigenvalue weighted by Crippen LogP contribution is -2.62. The topological polar surface area (TPSA) is 113 Å². The summed E-state index contributed by atoms with van der Waals surface area (Å²) in [6, 6.07) is 1.61. The number of β-amino-alcohol motifs (C(OH)–C–C–N with tert-alkyl or cyclic N) is 1. The Morgan fingerprint density at radius 1 is 1.52 bits per heavy atom. The van der Waals surface area contributed by atoms with Crippen molar-refractivity contribution in [3.05, 3.63) is 18.0 Å². The summed E-state index contributed by atoms with van der Waals surface area (Å²) in [5, 5.41) is 16.7. The highest BCUT2D eigenvalue weighted by Gasteiger charge is 2.57. The van der Waals surface area contributed by atoms with Gasteiger partial charge >= 0.3 is 5.97 Å². The van der Waals surface area contributed by atoms with Gasteiger partial charge in [-0.25, -0.2) is 8.42 Å². The van der Waals surface area contributed by atoms with E-state index in [2.05, 4.69) is 14.9 Å². The van der Waals surface area contributed by atoms with Crippen LogP contribution in [0.25, 0.3) is 0 Å². The molecule has 21 heavy (non-hydrogen) atoms. The molecule has 1 aromatic heterocycles. The first-order valence-corrected chi connectivity index (χ1v) is 8.21. The highest BCUT2D eigenvalue weighted by atomic mass is 32.2. The van der Waals surface area contributed by atoms with Crippen molar-refractivity contribution in [3.63, 3.8) is 0 Å². The van der Waals surface area contributed by atoms with Crippen molar-refractivity contribution in [2.24, 2.45) is 5.41 Å². The first-order chi connectivity index (χ1) is 9.81. The van der Waals surface area contributed by atoms with Gasteiger partial charge in [-0.15, -0.1) is 0 Å². The van der Waals surface area contributed by atoms with Crippen molar-refractivity contribution in [1.29, 1.82) is 0 Å². The second-order valence-electron chi connectivity index (χ2n) is 5.80. The number of carbonyl (C=O) groups excluding carboxylic acids is 1. The Balaban J connectivity index is 1.68. The van der Waals surface area contributed by atoms with Crippen molar-refractivity contribution >= 4 is 16.0 Å². The predicted molar refractivity (Wildman–Crippen MR) is 71.5 cm³/mol. The van der Waals surface area contributed by atoms with Gasteiger partial charge in [0.05, 0.1) is 24.0 Å².